The zero-order valence-corrected chi connectivity index (χ0v) is 24.6. The third-order valence-corrected chi connectivity index (χ3v) is 8.68. The summed E-state index contributed by atoms with van der Waals surface area (Å²) in [6.07, 6.45) is 0. The van der Waals surface area contributed by atoms with Gasteiger partial charge in [0.05, 0.1) is 27.5 Å². The van der Waals surface area contributed by atoms with E-state index in [9.17, 15) is 19.2 Å². The van der Waals surface area contributed by atoms with E-state index in [1.54, 1.807) is 67.2 Å². The molecule has 42 heavy (non-hydrogen) atoms. The number of rotatable bonds is 5. The fourth-order valence-corrected chi connectivity index (χ4v) is 6.50. The van der Waals surface area contributed by atoms with Crippen LogP contribution >= 0.6 is 24.0 Å². The number of amides is 3. The van der Waals surface area contributed by atoms with Crippen molar-refractivity contribution in [3.05, 3.63) is 111 Å². The molecule has 0 bridgehead atoms. The molecule has 0 spiro atoms. The molecule has 2 aliphatic rings. The average molecular weight is 596 g/mol. The maximum Gasteiger partial charge on any atom is 0.296 e. The van der Waals surface area contributed by atoms with Crippen molar-refractivity contribution in [1.82, 2.24) is 9.36 Å². The number of fused-ring (bicyclic) bond motifs is 1. The molecule has 6 rings (SSSR count). The fraction of sp³-hybridized carbons (Fsp3) is 0.129. The lowest BCUT2D eigenvalue weighted by atomic mass is 10.1. The van der Waals surface area contributed by atoms with Gasteiger partial charge in [-0.25, -0.2) is 4.68 Å². The number of thioether (sulfide) groups is 1. The van der Waals surface area contributed by atoms with Crippen molar-refractivity contribution in [2.24, 2.45) is 7.05 Å². The maximum atomic E-state index is 14.0. The minimum absolute atomic E-state index is 0.118. The quantitative estimate of drug-likeness (QED) is 0.269. The number of carbonyl (C=O) groups is 3. The number of para-hydroxylation sites is 2. The molecule has 1 aromatic heterocycles. The molecule has 3 amide bonds. The summed E-state index contributed by atoms with van der Waals surface area (Å²) in [5.41, 5.74) is 3.78. The monoisotopic (exact) mass is 595 g/mol. The first-order chi connectivity index (χ1) is 20.2. The molecule has 3 heterocycles. The van der Waals surface area contributed by atoms with E-state index in [2.05, 4.69) is 5.32 Å². The number of thiocarbonyl (C=S) groups is 1. The molecule has 0 atom stereocenters. The Morgan fingerprint density at radius 3 is 2.26 bits per heavy atom. The van der Waals surface area contributed by atoms with E-state index in [0.29, 0.717) is 28.3 Å². The van der Waals surface area contributed by atoms with Gasteiger partial charge >= 0.3 is 0 Å². The predicted octanol–water partition coefficient (Wildman–Crippen LogP) is 4.55. The number of anilines is 3. The molecule has 0 radical (unpaired) electrons. The van der Waals surface area contributed by atoms with Crippen molar-refractivity contribution in [2.45, 2.75) is 13.8 Å². The van der Waals surface area contributed by atoms with Gasteiger partial charge in [-0.3, -0.25) is 33.7 Å². The summed E-state index contributed by atoms with van der Waals surface area (Å²) in [4.78, 5) is 57.1. The summed E-state index contributed by atoms with van der Waals surface area (Å²) >= 11 is 6.58. The van der Waals surface area contributed by atoms with Crippen LogP contribution in [0.4, 0.5) is 17.1 Å². The van der Waals surface area contributed by atoms with Crippen LogP contribution in [0.1, 0.15) is 16.8 Å². The molecule has 1 N–H and O–H groups in total. The van der Waals surface area contributed by atoms with E-state index in [4.69, 9.17) is 12.2 Å². The van der Waals surface area contributed by atoms with Gasteiger partial charge in [-0.1, -0.05) is 78.1 Å². The molecule has 3 aromatic carbocycles. The second kappa shape index (κ2) is 10.6. The van der Waals surface area contributed by atoms with E-state index in [1.165, 1.54) is 14.5 Å². The van der Waals surface area contributed by atoms with Crippen LogP contribution in [0.2, 0.25) is 0 Å². The number of carbonyl (C=O) groups excluding carboxylic acids is 3. The number of nitrogens with zero attached hydrogens (tertiary/aromatic N) is 4. The largest absolute Gasteiger partial charge is 0.325 e. The SMILES string of the molecule is Cc1ccc(NC(=O)CN2C(=O)C(=C3SC(=S)N(c4c(C)n(C)n(-c5ccccc5)c4=O)C3=O)c3ccccc32)cc1. The molecule has 9 nitrogen and oxygen atoms in total. The van der Waals surface area contributed by atoms with Crippen LogP contribution in [0.5, 0.6) is 0 Å². The Balaban J connectivity index is 1.36. The summed E-state index contributed by atoms with van der Waals surface area (Å²) in [5, 5.41) is 2.82. The Kier molecular flexibility index (Phi) is 6.91. The Bertz CT molecular complexity index is 1890. The lowest BCUT2D eigenvalue weighted by molar-refractivity contribution is -0.118. The van der Waals surface area contributed by atoms with Crippen LogP contribution in [0.15, 0.2) is 88.6 Å². The minimum atomic E-state index is -0.555. The molecule has 0 unspecified atom stereocenters. The summed E-state index contributed by atoms with van der Waals surface area (Å²) in [6, 6.07) is 23.5. The first-order valence-electron chi connectivity index (χ1n) is 13.1. The molecule has 1 saturated heterocycles. The second-order valence-electron chi connectivity index (χ2n) is 9.95. The van der Waals surface area contributed by atoms with E-state index in [-0.39, 0.29) is 32.9 Å². The third kappa shape index (κ3) is 4.47. The Morgan fingerprint density at radius 2 is 1.55 bits per heavy atom. The van der Waals surface area contributed by atoms with E-state index < -0.39 is 17.4 Å². The van der Waals surface area contributed by atoms with Crippen LogP contribution in [0.3, 0.4) is 0 Å². The third-order valence-electron chi connectivity index (χ3n) is 7.30. The summed E-state index contributed by atoms with van der Waals surface area (Å²) in [6.45, 7) is 3.45. The van der Waals surface area contributed by atoms with Gasteiger partial charge in [-0.05, 0) is 44.2 Å². The topological polar surface area (TPSA) is 96.7 Å². The first kappa shape index (κ1) is 27.4. The number of hydrogen-bond acceptors (Lipinski definition) is 6. The van der Waals surface area contributed by atoms with Crippen molar-refractivity contribution in [3.63, 3.8) is 0 Å². The molecular weight excluding hydrogens is 571 g/mol. The van der Waals surface area contributed by atoms with E-state index in [0.717, 1.165) is 17.3 Å². The molecule has 210 valence electrons. The zero-order chi connectivity index (χ0) is 29.7. The number of nitrogens with one attached hydrogen (secondary N) is 1. The maximum absolute atomic E-state index is 14.0. The highest BCUT2D eigenvalue weighted by Gasteiger charge is 2.44. The van der Waals surface area contributed by atoms with Crippen molar-refractivity contribution >= 4 is 68.7 Å². The van der Waals surface area contributed by atoms with Crippen molar-refractivity contribution < 1.29 is 14.4 Å². The standard InChI is InChI=1S/C31H25N5O4S2/c1-18-13-15-20(16-14-18)32-24(37)17-34-23-12-8-7-11-22(23)25(28(34)38)27-30(40)35(31(41)42-27)26-19(2)33(3)36(29(26)39)21-9-5-4-6-10-21/h4-16H,17H2,1-3H3,(H,32,37). The first-order valence-corrected chi connectivity index (χ1v) is 14.3. The van der Waals surface area contributed by atoms with E-state index in [1.807, 2.05) is 37.3 Å². The summed E-state index contributed by atoms with van der Waals surface area (Å²) < 4.78 is 3.29. The van der Waals surface area contributed by atoms with Gasteiger partial charge in [-0.15, -0.1) is 0 Å². The molecule has 11 heteroatoms. The molecular formula is C31H25N5O4S2. The minimum Gasteiger partial charge on any atom is -0.325 e. The molecule has 0 saturated carbocycles. The molecule has 4 aromatic rings. The number of aryl methyl sites for hydroxylation is 1. The van der Waals surface area contributed by atoms with Gasteiger partial charge in [0.1, 0.15) is 12.2 Å². The van der Waals surface area contributed by atoms with Gasteiger partial charge in [0.2, 0.25) is 5.91 Å². The van der Waals surface area contributed by atoms with Crippen LogP contribution in [-0.4, -0.2) is 38.0 Å². The smallest absolute Gasteiger partial charge is 0.296 e. The van der Waals surface area contributed by atoms with Crippen LogP contribution < -0.4 is 20.7 Å². The van der Waals surface area contributed by atoms with Gasteiger partial charge in [-0.2, -0.15) is 0 Å². The summed E-state index contributed by atoms with van der Waals surface area (Å²) in [5.74, 6) is -1.42. The second-order valence-corrected chi connectivity index (χ2v) is 11.6. The van der Waals surface area contributed by atoms with Gasteiger partial charge in [0, 0.05) is 18.3 Å². The van der Waals surface area contributed by atoms with Gasteiger partial charge < -0.3 is 5.32 Å². The van der Waals surface area contributed by atoms with Crippen LogP contribution in [0.25, 0.3) is 11.3 Å². The molecule has 2 aliphatic heterocycles. The van der Waals surface area contributed by atoms with Crippen molar-refractivity contribution in [3.8, 4) is 5.69 Å². The van der Waals surface area contributed by atoms with Gasteiger partial charge in [0.15, 0.2) is 4.32 Å². The predicted molar refractivity (Wildman–Crippen MR) is 169 cm³/mol. The number of hydrogen-bond donors (Lipinski definition) is 1. The highest BCUT2D eigenvalue weighted by atomic mass is 32.2. The van der Waals surface area contributed by atoms with Crippen LogP contribution in [-0.2, 0) is 21.4 Å². The number of aromatic nitrogens is 2. The Morgan fingerprint density at radius 1 is 0.881 bits per heavy atom. The molecule has 1 fully saturated rings. The van der Waals surface area contributed by atoms with Gasteiger partial charge in [0.25, 0.3) is 17.4 Å². The van der Waals surface area contributed by atoms with E-state index >= 15 is 0 Å². The fourth-order valence-electron chi connectivity index (χ4n) is 5.16. The van der Waals surface area contributed by atoms with Crippen molar-refractivity contribution in [2.75, 3.05) is 21.7 Å². The molecule has 0 aliphatic carbocycles. The average Bonchev–Trinajstić information content (AvgIpc) is 3.50. The Labute approximate surface area is 251 Å². The van der Waals surface area contributed by atoms with Crippen LogP contribution in [0, 0.1) is 13.8 Å². The Hall–Kier alpha value is -4.74. The lowest BCUT2D eigenvalue weighted by Gasteiger charge is -2.17. The summed E-state index contributed by atoms with van der Waals surface area (Å²) in [7, 11) is 1.74. The lowest BCUT2D eigenvalue weighted by Crippen LogP contribution is -2.36. The van der Waals surface area contributed by atoms with Crippen molar-refractivity contribution in [1.29, 1.82) is 0 Å². The number of benzene rings is 3. The highest BCUT2D eigenvalue weighted by molar-refractivity contribution is 8.27. The normalized spacial score (nSPS) is 16.4. The highest BCUT2D eigenvalue weighted by Crippen LogP contribution is 2.45. The zero-order valence-electron chi connectivity index (χ0n) is 23.0.